The molecule has 1 aliphatic heterocycles. The molecule has 42 heavy (non-hydrogen) atoms. The molecule has 4 fully saturated rings. The van der Waals surface area contributed by atoms with E-state index in [2.05, 4.69) is 54.5 Å². The molecule has 0 radical (unpaired) electrons. The highest BCUT2D eigenvalue weighted by Gasteiger charge is 2.63. The minimum Gasteiger partial charge on any atom is -0.394 e. The first-order valence-electron chi connectivity index (χ1n) is 17.5. The number of hydrogen-bond acceptors (Lipinski definition) is 6. The van der Waals surface area contributed by atoms with E-state index < -0.39 is 37.3 Å². The fraction of sp³-hybridized carbons (Fsp3) is 0.944. The Kier molecular flexibility index (Phi) is 9.68. The fourth-order valence-electron chi connectivity index (χ4n) is 11.0. The van der Waals surface area contributed by atoms with Crippen molar-refractivity contribution in [3.05, 3.63) is 11.6 Å². The monoisotopic (exact) mass is 590 g/mol. The smallest absolute Gasteiger partial charge is 0.186 e. The first kappa shape index (κ1) is 32.9. The molecule has 0 spiro atoms. The summed E-state index contributed by atoms with van der Waals surface area (Å²) >= 11 is 0. The average Bonchev–Trinajstić information content (AvgIpc) is 3.24. The highest BCUT2D eigenvalue weighted by Crippen LogP contribution is 2.71. The SMILES string of the molecule is CC[C@H](CC[C@@H](C)[C@@]1(C)CC[C@H]2[C@@H]3CC=C4C[C@@H](O[C@@H]5O[C@H](CO)[C@@H](O)[C@H](O)[C@H]5O)CC[C@]4(C)[C@H]3CC[C@@]21C)C(C)C. The summed E-state index contributed by atoms with van der Waals surface area (Å²) in [6.45, 7) is 17.1. The zero-order valence-electron chi connectivity index (χ0n) is 27.6. The number of aliphatic hydroxyl groups excluding tert-OH is 4. The minimum atomic E-state index is -1.40. The maximum Gasteiger partial charge on any atom is 0.186 e. The van der Waals surface area contributed by atoms with E-state index in [1.54, 1.807) is 0 Å². The van der Waals surface area contributed by atoms with Gasteiger partial charge < -0.3 is 29.9 Å². The van der Waals surface area contributed by atoms with Crippen LogP contribution in [0.5, 0.6) is 0 Å². The van der Waals surface area contributed by atoms with Gasteiger partial charge in [-0.15, -0.1) is 0 Å². The predicted octanol–water partition coefficient (Wildman–Crippen LogP) is 6.24. The van der Waals surface area contributed by atoms with Crippen LogP contribution in [-0.2, 0) is 9.47 Å². The molecular weight excluding hydrogens is 528 g/mol. The standard InChI is InChI=1S/C36H62O6/c1-8-23(21(2)3)10-9-22(4)35(6)17-15-28-26-12-11-24-19-25(13-16-34(24,5)27(26)14-18-36(28,35)7)41-33-32(40)31(39)30(38)29(20-37)42-33/h11,21-23,25-33,37-40H,8-10,12-20H2,1-7H3/t22-,23-,25+,26-,27+,28+,29-,30-,31+,32-,33-,34+,35-,36+/m1/s1. The van der Waals surface area contributed by atoms with E-state index in [4.69, 9.17) is 9.47 Å². The molecule has 0 amide bonds. The maximum absolute atomic E-state index is 10.5. The first-order valence-corrected chi connectivity index (χ1v) is 17.5. The Labute approximate surface area is 255 Å². The summed E-state index contributed by atoms with van der Waals surface area (Å²) in [5.74, 6) is 4.66. The zero-order chi connectivity index (χ0) is 30.6. The van der Waals surface area contributed by atoms with Crippen molar-refractivity contribution in [1.29, 1.82) is 0 Å². The summed E-state index contributed by atoms with van der Waals surface area (Å²) < 4.78 is 11.9. The average molecular weight is 591 g/mol. The van der Waals surface area contributed by atoms with E-state index in [0.717, 1.165) is 48.9 Å². The quantitative estimate of drug-likeness (QED) is 0.237. The molecule has 3 saturated carbocycles. The Hall–Kier alpha value is -0.500. The van der Waals surface area contributed by atoms with E-state index in [1.807, 2.05) is 0 Å². The van der Waals surface area contributed by atoms with Gasteiger partial charge in [-0.3, -0.25) is 0 Å². The van der Waals surface area contributed by atoms with Crippen LogP contribution in [0.4, 0.5) is 0 Å². The molecule has 1 heterocycles. The topological polar surface area (TPSA) is 99.4 Å². The zero-order valence-corrected chi connectivity index (χ0v) is 27.6. The molecule has 0 aromatic carbocycles. The van der Waals surface area contributed by atoms with Gasteiger partial charge in [0, 0.05) is 0 Å². The van der Waals surface area contributed by atoms with Crippen LogP contribution in [-0.4, -0.2) is 63.8 Å². The lowest BCUT2D eigenvalue weighted by Gasteiger charge is -2.60. The Morgan fingerprint density at radius 2 is 1.64 bits per heavy atom. The molecule has 6 heteroatoms. The summed E-state index contributed by atoms with van der Waals surface area (Å²) in [7, 11) is 0. The second-order valence-corrected chi connectivity index (χ2v) is 16.3. The molecule has 5 rings (SSSR count). The summed E-state index contributed by atoms with van der Waals surface area (Å²) in [5, 5.41) is 40.5. The van der Waals surface area contributed by atoms with Gasteiger partial charge in [-0.2, -0.15) is 0 Å². The molecule has 4 aliphatic carbocycles. The van der Waals surface area contributed by atoms with Gasteiger partial charge in [0.15, 0.2) is 6.29 Å². The van der Waals surface area contributed by atoms with E-state index in [-0.39, 0.29) is 11.5 Å². The van der Waals surface area contributed by atoms with Crippen molar-refractivity contribution in [2.75, 3.05) is 6.61 Å². The first-order chi connectivity index (χ1) is 19.8. The lowest BCUT2D eigenvalue weighted by atomic mass is 9.44. The van der Waals surface area contributed by atoms with Crippen molar-refractivity contribution in [3.8, 4) is 0 Å². The van der Waals surface area contributed by atoms with Gasteiger partial charge in [0.1, 0.15) is 24.4 Å². The van der Waals surface area contributed by atoms with Crippen LogP contribution in [0.15, 0.2) is 11.6 Å². The number of rotatable bonds is 9. The number of fused-ring (bicyclic) bond motifs is 5. The van der Waals surface area contributed by atoms with Gasteiger partial charge in [0.2, 0.25) is 0 Å². The number of ether oxygens (including phenoxy) is 2. The van der Waals surface area contributed by atoms with Crippen molar-refractivity contribution in [2.24, 2.45) is 51.8 Å². The Morgan fingerprint density at radius 3 is 2.31 bits per heavy atom. The fourth-order valence-corrected chi connectivity index (χ4v) is 11.0. The summed E-state index contributed by atoms with van der Waals surface area (Å²) in [6, 6.07) is 0. The second kappa shape index (κ2) is 12.4. The highest BCUT2D eigenvalue weighted by atomic mass is 16.7. The minimum absolute atomic E-state index is 0.107. The van der Waals surface area contributed by atoms with E-state index >= 15 is 0 Å². The Morgan fingerprint density at radius 1 is 0.929 bits per heavy atom. The van der Waals surface area contributed by atoms with Gasteiger partial charge in [-0.25, -0.2) is 0 Å². The Bertz CT molecular complexity index is 965. The third-order valence-corrected chi connectivity index (χ3v) is 14.4. The van der Waals surface area contributed by atoms with Gasteiger partial charge in [0.05, 0.1) is 12.7 Å². The second-order valence-electron chi connectivity index (χ2n) is 16.3. The third kappa shape index (κ3) is 5.36. The summed E-state index contributed by atoms with van der Waals surface area (Å²) in [4.78, 5) is 0. The number of aliphatic hydroxyl groups is 4. The van der Waals surface area contributed by atoms with Gasteiger partial charge >= 0.3 is 0 Å². The largest absolute Gasteiger partial charge is 0.394 e. The number of hydrogen-bond donors (Lipinski definition) is 4. The molecule has 0 aromatic rings. The van der Waals surface area contributed by atoms with E-state index in [9.17, 15) is 20.4 Å². The van der Waals surface area contributed by atoms with Crippen molar-refractivity contribution in [3.63, 3.8) is 0 Å². The molecule has 14 atom stereocenters. The van der Waals surface area contributed by atoms with Gasteiger partial charge in [-0.05, 0) is 116 Å². The van der Waals surface area contributed by atoms with Crippen LogP contribution >= 0.6 is 0 Å². The summed E-state index contributed by atoms with van der Waals surface area (Å²) in [5.41, 5.74) is 2.52. The molecule has 0 aromatic heterocycles. The van der Waals surface area contributed by atoms with Crippen LogP contribution in [0.3, 0.4) is 0 Å². The predicted molar refractivity (Wildman–Crippen MR) is 165 cm³/mol. The number of allylic oxidation sites excluding steroid dienone is 1. The summed E-state index contributed by atoms with van der Waals surface area (Å²) in [6.07, 6.45) is 9.73. The van der Waals surface area contributed by atoms with Gasteiger partial charge in [0.25, 0.3) is 0 Å². The van der Waals surface area contributed by atoms with E-state index in [1.165, 1.54) is 56.9 Å². The van der Waals surface area contributed by atoms with Crippen LogP contribution < -0.4 is 0 Å². The lowest BCUT2D eigenvalue weighted by molar-refractivity contribution is -0.313. The molecule has 6 nitrogen and oxygen atoms in total. The van der Waals surface area contributed by atoms with Crippen molar-refractivity contribution in [2.45, 2.75) is 156 Å². The molecule has 0 bridgehead atoms. The normalized spacial score (nSPS) is 48.7. The van der Waals surface area contributed by atoms with Crippen molar-refractivity contribution in [1.82, 2.24) is 0 Å². The highest BCUT2D eigenvalue weighted by molar-refractivity contribution is 5.26. The van der Waals surface area contributed by atoms with Crippen molar-refractivity contribution < 1.29 is 29.9 Å². The molecule has 5 aliphatic rings. The lowest BCUT2D eigenvalue weighted by Crippen LogP contribution is -2.60. The van der Waals surface area contributed by atoms with E-state index in [0.29, 0.717) is 16.7 Å². The Balaban J connectivity index is 1.26. The van der Waals surface area contributed by atoms with Crippen LogP contribution in [0, 0.1) is 51.8 Å². The molecule has 242 valence electrons. The maximum atomic E-state index is 10.5. The molecule has 4 N–H and O–H groups in total. The van der Waals surface area contributed by atoms with Crippen LogP contribution in [0.2, 0.25) is 0 Å². The van der Waals surface area contributed by atoms with Crippen molar-refractivity contribution >= 4 is 0 Å². The molecule has 1 saturated heterocycles. The van der Waals surface area contributed by atoms with Crippen LogP contribution in [0.1, 0.15) is 119 Å². The van der Waals surface area contributed by atoms with Gasteiger partial charge in [-0.1, -0.05) is 66.5 Å². The molecule has 0 unspecified atom stereocenters. The van der Waals surface area contributed by atoms with Crippen LogP contribution in [0.25, 0.3) is 0 Å². The third-order valence-electron chi connectivity index (χ3n) is 14.4. The molecular formula is C36H62O6.